The van der Waals surface area contributed by atoms with Crippen LogP contribution in [0.5, 0.6) is 0 Å². The molecule has 1 atom stereocenters. The highest BCUT2D eigenvalue weighted by atomic mass is 35.5. The van der Waals surface area contributed by atoms with Crippen molar-refractivity contribution in [2.24, 2.45) is 0 Å². The minimum Gasteiger partial charge on any atom is -0.459 e. The molecule has 3 aromatic carbocycles. The molecule has 1 aliphatic heterocycles. The van der Waals surface area contributed by atoms with Gasteiger partial charge in [0.15, 0.2) is 9.84 Å². The van der Waals surface area contributed by atoms with E-state index in [4.69, 9.17) is 27.9 Å². The van der Waals surface area contributed by atoms with Crippen molar-refractivity contribution in [3.05, 3.63) is 98.5 Å². The fourth-order valence-corrected chi connectivity index (χ4v) is 5.63. The molecule has 1 amide bonds. The summed E-state index contributed by atoms with van der Waals surface area (Å²) in [6.07, 6.45) is 1.76. The number of hydrogen-bond acceptors (Lipinski definition) is 6. The summed E-state index contributed by atoms with van der Waals surface area (Å²) in [5.41, 5.74) is 3.19. The summed E-state index contributed by atoms with van der Waals surface area (Å²) in [6.45, 7) is 9.34. The van der Waals surface area contributed by atoms with Gasteiger partial charge in [-0.2, -0.15) is 0 Å². The van der Waals surface area contributed by atoms with Gasteiger partial charge in [0.05, 0.1) is 20.5 Å². The van der Waals surface area contributed by atoms with Gasteiger partial charge < -0.3 is 15.4 Å². The van der Waals surface area contributed by atoms with Crippen LogP contribution >= 0.6 is 23.2 Å². The highest BCUT2D eigenvalue weighted by Crippen LogP contribution is 2.33. The zero-order chi connectivity index (χ0) is 30.6. The number of ether oxygens (including phenoxy) is 1. The van der Waals surface area contributed by atoms with Crippen molar-refractivity contribution in [1.29, 1.82) is 0 Å². The number of esters is 1. The summed E-state index contributed by atoms with van der Waals surface area (Å²) in [5, 5.41) is 6.40. The lowest BCUT2D eigenvalue weighted by atomic mass is 9.97. The maximum absolute atomic E-state index is 13.4. The van der Waals surface area contributed by atoms with Crippen LogP contribution in [0.4, 0.5) is 0 Å². The van der Waals surface area contributed by atoms with Gasteiger partial charge in [0.2, 0.25) is 0 Å². The normalized spacial score (nSPS) is 12.9. The molecule has 0 bridgehead atoms. The van der Waals surface area contributed by atoms with Gasteiger partial charge in [-0.15, -0.1) is 0 Å². The number of carbonyl (C=O) groups is 2. The second-order valence-electron chi connectivity index (χ2n) is 8.85. The van der Waals surface area contributed by atoms with Crippen LogP contribution in [0.1, 0.15) is 60.3 Å². The monoisotopic (exact) mass is 620 g/mol. The molecule has 0 aliphatic carbocycles. The lowest BCUT2D eigenvalue weighted by molar-refractivity contribution is -0.147. The average molecular weight is 622 g/mol. The Morgan fingerprint density at radius 1 is 0.976 bits per heavy atom. The minimum atomic E-state index is -3.46. The first-order chi connectivity index (χ1) is 19.6. The molecule has 1 unspecified atom stereocenters. The number of rotatable bonds is 8. The molecule has 41 heavy (non-hydrogen) atoms. The Bertz CT molecular complexity index is 1430. The van der Waals surface area contributed by atoms with E-state index in [1.807, 2.05) is 58.0 Å². The molecule has 222 valence electrons. The number of benzene rings is 3. The molecular formula is C31H38Cl2N2O5S. The zero-order valence-corrected chi connectivity index (χ0v) is 26.4. The maximum atomic E-state index is 13.4. The Balaban J connectivity index is 0.00000141. The standard InChI is InChI=1S/C27H26Cl2N2O5S.2C2H6/c1-37(34,35)20-9-5-8-18(12-20)13-23(27(33)36-16-17-6-3-2-4-7-17)31-26(32)24-22(28)14-19-15-30-11-10-21(19)25(24)29;2*1-2/h2-9,12,14,23,30H,10-11,13,15-16H2,1H3,(H,31,32);2*1-2H3. The summed E-state index contributed by atoms with van der Waals surface area (Å²) >= 11 is 13.0. The van der Waals surface area contributed by atoms with Crippen LogP contribution in [0.3, 0.4) is 0 Å². The van der Waals surface area contributed by atoms with E-state index < -0.39 is 27.8 Å². The van der Waals surface area contributed by atoms with Crippen LogP contribution in [-0.4, -0.2) is 39.1 Å². The first kappa shape index (κ1) is 34.3. The fourth-order valence-electron chi connectivity index (χ4n) is 4.17. The molecule has 0 saturated heterocycles. The lowest BCUT2D eigenvalue weighted by Gasteiger charge is -2.23. The number of hydrogen-bond donors (Lipinski definition) is 2. The number of fused-ring (bicyclic) bond motifs is 1. The molecule has 0 aromatic heterocycles. The quantitative estimate of drug-likeness (QED) is 0.292. The van der Waals surface area contributed by atoms with Crippen LogP contribution < -0.4 is 10.6 Å². The predicted molar refractivity (Wildman–Crippen MR) is 165 cm³/mol. The summed E-state index contributed by atoms with van der Waals surface area (Å²) in [7, 11) is -3.46. The molecule has 1 heterocycles. The summed E-state index contributed by atoms with van der Waals surface area (Å²) < 4.78 is 29.5. The van der Waals surface area contributed by atoms with Crippen molar-refractivity contribution < 1.29 is 22.7 Å². The molecule has 4 rings (SSSR count). The van der Waals surface area contributed by atoms with E-state index in [0.717, 1.165) is 29.5 Å². The second kappa shape index (κ2) is 16.5. The average Bonchev–Trinajstić information content (AvgIpc) is 2.98. The first-order valence-electron chi connectivity index (χ1n) is 13.6. The van der Waals surface area contributed by atoms with Gasteiger partial charge >= 0.3 is 5.97 Å². The molecule has 0 radical (unpaired) electrons. The van der Waals surface area contributed by atoms with Gasteiger partial charge in [-0.1, -0.05) is 93.4 Å². The molecule has 2 N–H and O–H groups in total. The summed E-state index contributed by atoms with van der Waals surface area (Å²) in [4.78, 5) is 26.6. The highest BCUT2D eigenvalue weighted by Gasteiger charge is 2.28. The topological polar surface area (TPSA) is 102 Å². The minimum absolute atomic E-state index is 0.00677. The van der Waals surface area contributed by atoms with Crippen molar-refractivity contribution in [1.82, 2.24) is 10.6 Å². The van der Waals surface area contributed by atoms with Gasteiger partial charge in [0.1, 0.15) is 12.6 Å². The van der Waals surface area contributed by atoms with Crippen molar-refractivity contribution in [2.45, 2.75) is 64.6 Å². The zero-order valence-electron chi connectivity index (χ0n) is 24.1. The Labute approximate surface area is 253 Å². The maximum Gasteiger partial charge on any atom is 0.329 e. The van der Waals surface area contributed by atoms with Crippen molar-refractivity contribution in [2.75, 3.05) is 12.8 Å². The van der Waals surface area contributed by atoms with E-state index in [2.05, 4.69) is 10.6 Å². The van der Waals surface area contributed by atoms with Crippen LogP contribution in [0.15, 0.2) is 65.6 Å². The van der Waals surface area contributed by atoms with Crippen LogP contribution in [0.25, 0.3) is 0 Å². The molecule has 7 nitrogen and oxygen atoms in total. The Hall–Kier alpha value is -2.91. The first-order valence-corrected chi connectivity index (χ1v) is 16.3. The van der Waals surface area contributed by atoms with Crippen LogP contribution in [0.2, 0.25) is 10.0 Å². The summed E-state index contributed by atoms with van der Waals surface area (Å²) in [5.74, 6) is -1.28. The largest absolute Gasteiger partial charge is 0.459 e. The van der Waals surface area contributed by atoms with Crippen LogP contribution in [0, 0.1) is 0 Å². The molecule has 10 heteroatoms. The number of halogens is 2. The Morgan fingerprint density at radius 3 is 2.29 bits per heavy atom. The van der Waals surface area contributed by atoms with E-state index in [0.29, 0.717) is 18.5 Å². The highest BCUT2D eigenvalue weighted by molar-refractivity contribution is 7.90. The molecular weight excluding hydrogens is 583 g/mol. The summed E-state index contributed by atoms with van der Waals surface area (Å²) in [6, 6.07) is 16.0. The van der Waals surface area contributed by atoms with E-state index in [-0.39, 0.29) is 33.5 Å². The van der Waals surface area contributed by atoms with Crippen LogP contribution in [-0.2, 0) is 45.4 Å². The Morgan fingerprint density at radius 2 is 1.63 bits per heavy atom. The van der Waals surface area contributed by atoms with E-state index in [1.165, 1.54) is 12.1 Å². The predicted octanol–water partition coefficient (Wildman–Crippen LogP) is 6.18. The van der Waals surface area contributed by atoms with Gasteiger partial charge in [-0.3, -0.25) is 4.79 Å². The van der Waals surface area contributed by atoms with Gasteiger partial charge in [0.25, 0.3) is 5.91 Å². The Kier molecular flexibility index (Phi) is 13.8. The number of sulfone groups is 1. The van der Waals surface area contributed by atoms with Crippen molar-refractivity contribution in [3.63, 3.8) is 0 Å². The fraction of sp³-hybridized carbons (Fsp3) is 0.355. The van der Waals surface area contributed by atoms with Crippen molar-refractivity contribution >= 4 is 44.9 Å². The SMILES string of the molecule is CC.CC.CS(=O)(=O)c1cccc(CC(NC(=O)c2c(Cl)cc3c(c2Cl)CCNC3)C(=O)OCc2ccccc2)c1. The third-order valence-corrected chi connectivity index (χ3v) is 7.91. The number of amides is 1. The second-order valence-corrected chi connectivity index (χ2v) is 11.7. The van der Waals surface area contributed by atoms with Gasteiger partial charge in [-0.25, -0.2) is 13.2 Å². The molecule has 3 aromatic rings. The molecule has 0 fully saturated rings. The van der Waals surface area contributed by atoms with E-state index in [1.54, 1.807) is 18.2 Å². The molecule has 0 spiro atoms. The third-order valence-electron chi connectivity index (χ3n) is 6.09. The molecule has 1 aliphatic rings. The van der Waals surface area contributed by atoms with E-state index in [9.17, 15) is 18.0 Å². The third kappa shape index (κ3) is 9.57. The smallest absolute Gasteiger partial charge is 0.329 e. The molecule has 0 saturated carbocycles. The lowest BCUT2D eigenvalue weighted by Crippen LogP contribution is -2.43. The van der Waals surface area contributed by atoms with E-state index >= 15 is 0 Å². The van der Waals surface area contributed by atoms with Gasteiger partial charge in [0, 0.05) is 19.2 Å². The number of nitrogens with one attached hydrogen (secondary N) is 2. The van der Waals surface area contributed by atoms with Crippen molar-refractivity contribution in [3.8, 4) is 0 Å². The number of carbonyl (C=O) groups excluding carboxylic acids is 2. The van der Waals surface area contributed by atoms with Gasteiger partial charge in [-0.05, 0) is 53.4 Å².